The molecule has 5 heteroatoms. The first-order valence-corrected chi connectivity index (χ1v) is 10.1. The summed E-state index contributed by atoms with van der Waals surface area (Å²) in [5, 5.41) is 20.8. The van der Waals surface area contributed by atoms with Gasteiger partial charge in [-0.05, 0) is 48.9 Å². The summed E-state index contributed by atoms with van der Waals surface area (Å²) in [7, 11) is 0. The number of hydrogen-bond donors (Lipinski definition) is 2. The molecule has 1 heterocycles. The maximum atomic E-state index is 11.9. The number of amides is 1. The van der Waals surface area contributed by atoms with Gasteiger partial charge in [-0.2, -0.15) is 0 Å². The molecule has 2 aromatic rings. The Balaban J connectivity index is 1.73. The lowest BCUT2D eigenvalue weighted by Gasteiger charge is -2.42. The molecule has 0 spiro atoms. The number of nitrogens with zero attached hydrogens (tertiary/aromatic N) is 1. The average molecular weight is 383 g/mol. The Morgan fingerprint density at radius 2 is 1.96 bits per heavy atom. The molecular weight excluding hydrogens is 354 g/mol. The van der Waals surface area contributed by atoms with Crippen LogP contribution in [0.2, 0.25) is 0 Å². The molecule has 5 nitrogen and oxygen atoms in total. The van der Waals surface area contributed by atoms with Crippen LogP contribution >= 0.6 is 0 Å². The highest BCUT2D eigenvalue weighted by atomic mass is 16.5. The van der Waals surface area contributed by atoms with Gasteiger partial charge >= 0.3 is 6.09 Å². The fourth-order valence-electron chi connectivity index (χ4n) is 4.09. The molecule has 150 valence electrons. The van der Waals surface area contributed by atoms with Gasteiger partial charge in [-0.3, -0.25) is 4.90 Å². The minimum absolute atomic E-state index is 0.0200. The molecule has 28 heavy (non-hydrogen) atoms. The second-order valence-corrected chi connectivity index (χ2v) is 7.42. The Bertz CT molecular complexity index is 762. The Hall–Kier alpha value is -2.53. The van der Waals surface area contributed by atoms with Gasteiger partial charge in [0.15, 0.2) is 0 Å². The summed E-state index contributed by atoms with van der Waals surface area (Å²) in [6.45, 7) is 2.51. The highest BCUT2D eigenvalue weighted by Crippen LogP contribution is 2.34. The van der Waals surface area contributed by atoms with Gasteiger partial charge in [0.05, 0.1) is 12.1 Å². The molecule has 1 amide bonds. The summed E-state index contributed by atoms with van der Waals surface area (Å²) in [4.78, 5) is 13.4. The molecular formula is C23H29NO4. The quantitative estimate of drug-likeness (QED) is 0.706. The van der Waals surface area contributed by atoms with E-state index in [-0.39, 0.29) is 6.04 Å². The van der Waals surface area contributed by atoms with Crippen LogP contribution in [0.3, 0.4) is 0 Å². The van der Waals surface area contributed by atoms with Crippen molar-refractivity contribution in [2.24, 2.45) is 0 Å². The number of rotatable bonds is 7. The second kappa shape index (κ2) is 9.60. The summed E-state index contributed by atoms with van der Waals surface area (Å²) >= 11 is 0. The van der Waals surface area contributed by atoms with E-state index < -0.39 is 18.2 Å². The van der Waals surface area contributed by atoms with Crippen molar-refractivity contribution in [2.75, 3.05) is 0 Å². The van der Waals surface area contributed by atoms with Gasteiger partial charge in [-0.1, -0.05) is 55.8 Å². The van der Waals surface area contributed by atoms with Gasteiger partial charge in [-0.15, -0.1) is 0 Å². The number of carbonyl (C=O) groups is 1. The van der Waals surface area contributed by atoms with Crippen molar-refractivity contribution < 1.29 is 19.7 Å². The fourth-order valence-corrected chi connectivity index (χ4v) is 4.09. The van der Waals surface area contributed by atoms with Crippen LogP contribution in [-0.2, 0) is 6.61 Å². The summed E-state index contributed by atoms with van der Waals surface area (Å²) < 4.78 is 5.86. The molecule has 1 fully saturated rings. The van der Waals surface area contributed by atoms with Crippen LogP contribution < -0.4 is 4.74 Å². The highest BCUT2D eigenvalue weighted by Gasteiger charge is 2.38. The minimum Gasteiger partial charge on any atom is -0.489 e. The zero-order chi connectivity index (χ0) is 19.9. The van der Waals surface area contributed by atoms with E-state index in [0.717, 1.165) is 31.2 Å². The molecule has 2 aromatic carbocycles. The third-order valence-electron chi connectivity index (χ3n) is 5.44. The van der Waals surface area contributed by atoms with E-state index in [4.69, 9.17) is 4.74 Å². The number of likely N-dealkylation sites (tertiary alicyclic amines) is 1. The predicted molar refractivity (Wildman–Crippen MR) is 108 cm³/mol. The number of benzene rings is 2. The molecule has 0 bridgehead atoms. The van der Waals surface area contributed by atoms with Crippen molar-refractivity contribution in [1.29, 1.82) is 0 Å². The third-order valence-corrected chi connectivity index (χ3v) is 5.44. The lowest BCUT2D eigenvalue weighted by Crippen LogP contribution is -2.51. The maximum Gasteiger partial charge on any atom is 0.407 e. The molecule has 3 rings (SSSR count). The standard InChI is InChI=1S/C23H29NO4/c1-2-8-19-12-7-14-21(24(19)23(26)27)22(25)18-11-6-13-20(15-18)28-16-17-9-4-3-5-10-17/h3-6,9-11,13,15,19,21-22,25H,2,7-8,12,14,16H2,1H3,(H,26,27)/t19-,21-,22?/m1/s1. The molecule has 0 aromatic heterocycles. The number of aliphatic hydroxyl groups excluding tert-OH is 1. The third kappa shape index (κ3) is 4.84. The molecule has 1 aliphatic rings. The monoisotopic (exact) mass is 383 g/mol. The van der Waals surface area contributed by atoms with Crippen molar-refractivity contribution in [2.45, 2.75) is 63.8 Å². The first-order valence-electron chi connectivity index (χ1n) is 10.1. The van der Waals surface area contributed by atoms with Gasteiger partial charge < -0.3 is 14.9 Å². The number of piperidine rings is 1. The Morgan fingerprint density at radius 3 is 2.68 bits per heavy atom. The van der Waals surface area contributed by atoms with Crippen molar-refractivity contribution in [1.82, 2.24) is 4.90 Å². The summed E-state index contributed by atoms with van der Waals surface area (Å²) in [5.74, 6) is 0.670. The number of hydrogen-bond acceptors (Lipinski definition) is 3. The van der Waals surface area contributed by atoms with E-state index in [1.807, 2.05) is 54.6 Å². The van der Waals surface area contributed by atoms with Crippen molar-refractivity contribution >= 4 is 6.09 Å². The summed E-state index contributed by atoms with van der Waals surface area (Å²) in [5.41, 5.74) is 1.76. The van der Waals surface area contributed by atoms with E-state index >= 15 is 0 Å². The Morgan fingerprint density at radius 1 is 1.18 bits per heavy atom. The summed E-state index contributed by atoms with van der Waals surface area (Å²) in [6, 6.07) is 16.8. The lowest BCUT2D eigenvalue weighted by atomic mass is 9.88. The zero-order valence-corrected chi connectivity index (χ0v) is 16.3. The van der Waals surface area contributed by atoms with Crippen LogP contribution in [0.1, 0.15) is 56.3 Å². The topological polar surface area (TPSA) is 70.0 Å². The van der Waals surface area contributed by atoms with E-state index in [2.05, 4.69) is 6.92 Å². The largest absolute Gasteiger partial charge is 0.489 e. The van der Waals surface area contributed by atoms with Crippen LogP contribution in [-0.4, -0.2) is 33.3 Å². The van der Waals surface area contributed by atoms with Gasteiger partial charge in [0.1, 0.15) is 12.4 Å². The Labute approximate surface area is 166 Å². The summed E-state index contributed by atoms with van der Waals surface area (Å²) in [6.07, 6.45) is 2.41. The van der Waals surface area contributed by atoms with E-state index in [0.29, 0.717) is 24.3 Å². The number of carboxylic acid groups (broad SMARTS) is 1. The van der Waals surface area contributed by atoms with E-state index in [1.54, 1.807) is 0 Å². The normalized spacial score (nSPS) is 20.6. The highest BCUT2D eigenvalue weighted by molar-refractivity contribution is 5.66. The molecule has 1 aliphatic heterocycles. The second-order valence-electron chi connectivity index (χ2n) is 7.42. The van der Waals surface area contributed by atoms with Gasteiger partial charge in [-0.25, -0.2) is 4.79 Å². The first-order chi connectivity index (χ1) is 13.6. The first kappa shape index (κ1) is 20.2. The molecule has 0 saturated carbocycles. The van der Waals surface area contributed by atoms with Crippen molar-refractivity contribution in [3.63, 3.8) is 0 Å². The van der Waals surface area contributed by atoms with Gasteiger partial charge in [0, 0.05) is 6.04 Å². The maximum absolute atomic E-state index is 11.9. The Kier molecular flexibility index (Phi) is 6.93. The van der Waals surface area contributed by atoms with E-state index in [1.165, 1.54) is 4.90 Å². The number of aliphatic hydroxyl groups is 1. The predicted octanol–water partition coefficient (Wildman–Crippen LogP) is 5.00. The molecule has 1 saturated heterocycles. The molecule has 3 atom stereocenters. The van der Waals surface area contributed by atoms with Crippen molar-refractivity contribution in [3.8, 4) is 5.75 Å². The van der Waals surface area contributed by atoms with Crippen molar-refractivity contribution in [3.05, 3.63) is 65.7 Å². The van der Waals surface area contributed by atoms with Crippen LogP contribution in [0.15, 0.2) is 54.6 Å². The van der Waals surface area contributed by atoms with Gasteiger partial charge in [0.2, 0.25) is 0 Å². The zero-order valence-electron chi connectivity index (χ0n) is 16.3. The molecule has 2 N–H and O–H groups in total. The molecule has 1 unspecified atom stereocenters. The van der Waals surface area contributed by atoms with Gasteiger partial charge in [0.25, 0.3) is 0 Å². The lowest BCUT2D eigenvalue weighted by molar-refractivity contribution is 0.000234. The van der Waals surface area contributed by atoms with Crippen LogP contribution in [0.4, 0.5) is 4.79 Å². The molecule has 0 radical (unpaired) electrons. The van der Waals surface area contributed by atoms with Crippen LogP contribution in [0.25, 0.3) is 0 Å². The molecule has 0 aliphatic carbocycles. The SMILES string of the molecule is CCC[C@@H]1CCC[C@H](C(O)c2cccc(OCc3ccccc3)c2)N1C(=O)O. The van der Waals surface area contributed by atoms with E-state index in [9.17, 15) is 15.0 Å². The average Bonchev–Trinajstić information content (AvgIpc) is 2.72. The smallest absolute Gasteiger partial charge is 0.407 e. The minimum atomic E-state index is -0.946. The fraction of sp³-hybridized carbons (Fsp3) is 0.435. The van der Waals surface area contributed by atoms with Crippen LogP contribution in [0, 0.1) is 0 Å². The van der Waals surface area contributed by atoms with Crippen LogP contribution in [0.5, 0.6) is 5.75 Å². The number of ether oxygens (including phenoxy) is 1.